The summed E-state index contributed by atoms with van der Waals surface area (Å²) < 4.78 is 5.32. The van der Waals surface area contributed by atoms with Crippen LogP contribution in [-0.4, -0.2) is 36.5 Å². The largest absolute Gasteiger partial charge is 0.498 e. The molecule has 1 atom stereocenters. The predicted molar refractivity (Wildman–Crippen MR) is 64.0 cm³/mol. The Labute approximate surface area is 95.5 Å². The fourth-order valence-electron chi connectivity index (χ4n) is 1.46. The predicted octanol–water partition coefficient (Wildman–Crippen LogP) is 0.209. The van der Waals surface area contributed by atoms with Gasteiger partial charge in [0.05, 0.1) is 12.4 Å². The van der Waals surface area contributed by atoms with E-state index in [0.29, 0.717) is 6.54 Å². The monoisotopic (exact) mass is 225 g/mol. The third-order valence-corrected chi connectivity index (χ3v) is 2.38. The van der Waals surface area contributed by atoms with Crippen molar-refractivity contribution in [2.24, 2.45) is 16.5 Å². The van der Waals surface area contributed by atoms with Gasteiger partial charge >= 0.3 is 0 Å². The lowest BCUT2D eigenvalue weighted by atomic mass is 10.1. The molecule has 6 heteroatoms. The summed E-state index contributed by atoms with van der Waals surface area (Å²) in [6.07, 6.45) is 3.91. The Morgan fingerprint density at radius 3 is 2.88 bits per heavy atom. The van der Waals surface area contributed by atoms with Gasteiger partial charge in [-0.2, -0.15) is 4.99 Å². The van der Waals surface area contributed by atoms with Crippen LogP contribution in [0.2, 0.25) is 0 Å². The van der Waals surface area contributed by atoms with Gasteiger partial charge in [-0.05, 0) is 18.9 Å². The van der Waals surface area contributed by atoms with Gasteiger partial charge in [0.25, 0.3) is 0 Å². The molecule has 6 nitrogen and oxygen atoms in total. The van der Waals surface area contributed by atoms with Crippen molar-refractivity contribution in [1.29, 1.82) is 5.41 Å². The van der Waals surface area contributed by atoms with E-state index in [9.17, 15) is 0 Å². The molecule has 1 aliphatic heterocycles. The number of nitrogens with two attached hydrogens (primary N) is 2. The summed E-state index contributed by atoms with van der Waals surface area (Å²) >= 11 is 0. The maximum absolute atomic E-state index is 7.57. The second kappa shape index (κ2) is 5.39. The molecular formula is C10H19N5O. The Kier molecular flexibility index (Phi) is 4.16. The molecule has 0 bridgehead atoms. The van der Waals surface area contributed by atoms with Crippen LogP contribution in [0.4, 0.5) is 0 Å². The lowest BCUT2D eigenvalue weighted by Crippen LogP contribution is -2.31. The number of nitrogens with zero attached hydrogens (tertiary/aromatic N) is 2. The van der Waals surface area contributed by atoms with Gasteiger partial charge in [0.1, 0.15) is 0 Å². The van der Waals surface area contributed by atoms with E-state index in [4.69, 9.17) is 21.6 Å². The summed E-state index contributed by atoms with van der Waals surface area (Å²) in [5, 5.41) is 7.57. The lowest BCUT2D eigenvalue weighted by Gasteiger charge is -2.16. The summed E-state index contributed by atoms with van der Waals surface area (Å²) in [6, 6.07) is 0. The van der Waals surface area contributed by atoms with E-state index in [-0.39, 0.29) is 18.0 Å². The van der Waals surface area contributed by atoms with Crippen LogP contribution in [0.5, 0.6) is 0 Å². The number of aliphatic imine (C=N–C) groups is 1. The van der Waals surface area contributed by atoms with Crippen molar-refractivity contribution in [1.82, 2.24) is 4.90 Å². The van der Waals surface area contributed by atoms with Crippen LogP contribution in [-0.2, 0) is 4.74 Å². The van der Waals surface area contributed by atoms with E-state index in [1.807, 2.05) is 13.2 Å². The van der Waals surface area contributed by atoms with Crippen LogP contribution in [0.25, 0.3) is 0 Å². The molecule has 90 valence electrons. The molecule has 1 aliphatic rings. The third kappa shape index (κ3) is 3.80. The molecule has 0 aromatic heterocycles. The minimum atomic E-state index is -0.0890. The highest BCUT2D eigenvalue weighted by Crippen LogP contribution is 2.20. The first-order valence-corrected chi connectivity index (χ1v) is 5.21. The fourth-order valence-corrected chi connectivity index (χ4v) is 1.46. The van der Waals surface area contributed by atoms with Crippen molar-refractivity contribution in [3.05, 3.63) is 11.8 Å². The van der Waals surface area contributed by atoms with Crippen molar-refractivity contribution in [3.63, 3.8) is 0 Å². The normalized spacial score (nSPS) is 18.6. The molecule has 0 aromatic carbocycles. The van der Waals surface area contributed by atoms with Crippen molar-refractivity contribution in [2.45, 2.75) is 25.9 Å². The van der Waals surface area contributed by atoms with Gasteiger partial charge < -0.3 is 21.1 Å². The molecule has 0 aliphatic carbocycles. The van der Waals surface area contributed by atoms with Crippen molar-refractivity contribution < 1.29 is 4.74 Å². The van der Waals surface area contributed by atoms with E-state index in [1.54, 1.807) is 11.9 Å². The van der Waals surface area contributed by atoms with Gasteiger partial charge in [-0.25, -0.2) is 0 Å². The molecule has 16 heavy (non-hydrogen) atoms. The first-order chi connectivity index (χ1) is 7.49. The minimum absolute atomic E-state index is 0.0764. The first kappa shape index (κ1) is 12.4. The average molecular weight is 225 g/mol. The van der Waals surface area contributed by atoms with Crippen LogP contribution in [0.15, 0.2) is 16.8 Å². The van der Waals surface area contributed by atoms with E-state index in [2.05, 4.69) is 4.99 Å². The summed E-state index contributed by atoms with van der Waals surface area (Å²) in [7, 11) is 1.79. The van der Waals surface area contributed by atoms with E-state index >= 15 is 0 Å². The highest BCUT2D eigenvalue weighted by atomic mass is 16.5. The van der Waals surface area contributed by atoms with Crippen LogP contribution in [0, 0.1) is 5.41 Å². The molecular weight excluding hydrogens is 206 g/mol. The highest BCUT2D eigenvalue weighted by molar-refractivity contribution is 5.91. The van der Waals surface area contributed by atoms with Gasteiger partial charge in [-0.1, -0.05) is 0 Å². The summed E-state index contributed by atoms with van der Waals surface area (Å²) in [5.74, 6) is -0.0125. The zero-order chi connectivity index (χ0) is 12.1. The zero-order valence-corrected chi connectivity index (χ0v) is 9.73. The summed E-state index contributed by atoms with van der Waals surface area (Å²) in [5.41, 5.74) is 11.7. The average Bonchev–Trinajstić information content (AvgIpc) is 2.59. The van der Waals surface area contributed by atoms with Gasteiger partial charge in [0.15, 0.2) is 5.96 Å². The Bertz CT molecular complexity index is 319. The Hall–Kier alpha value is -1.72. The Morgan fingerprint density at radius 1 is 1.69 bits per heavy atom. The number of hydrogen-bond donors (Lipinski definition) is 3. The number of nitrogens with one attached hydrogen (secondary N) is 1. The number of hydrogen-bond acceptors (Lipinski definition) is 2. The first-order valence-electron chi connectivity index (χ1n) is 5.21. The van der Waals surface area contributed by atoms with Gasteiger partial charge in [0.2, 0.25) is 5.96 Å². The number of rotatable bonds is 3. The smallest absolute Gasteiger partial charge is 0.220 e. The fraction of sp³-hybridized carbons (Fsp3) is 0.600. The molecule has 1 unspecified atom stereocenters. The number of ether oxygens (including phenoxy) is 1. The summed E-state index contributed by atoms with van der Waals surface area (Å²) in [6.45, 7) is 2.74. The molecule has 1 heterocycles. The van der Waals surface area contributed by atoms with Crippen LogP contribution in [0.1, 0.15) is 19.8 Å². The van der Waals surface area contributed by atoms with Crippen molar-refractivity contribution in [2.75, 3.05) is 13.6 Å². The third-order valence-electron chi connectivity index (χ3n) is 2.38. The van der Waals surface area contributed by atoms with E-state index in [1.165, 1.54) is 5.57 Å². The number of guanidine groups is 2. The van der Waals surface area contributed by atoms with Gasteiger partial charge in [-0.3, -0.25) is 5.41 Å². The molecule has 0 aromatic rings. The molecule has 0 fully saturated rings. The molecule has 0 amide bonds. The SMILES string of the molecule is CC1CC(CCN(C)C(=N)N=C(N)N)=CO1. The molecule has 1 rings (SSSR count). The molecule has 0 saturated carbocycles. The van der Waals surface area contributed by atoms with Crippen molar-refractivity contribution in [3.8, 4) is 0 Å². The zero-order valence-electron chi connectivity index (χ0n) is 9.73. The lowest BCUT2D eigenvalue weighted by molar-refractivity contribution is 0.189. The van der Waals surface area contributed by atoms with E-state index < -0.39 is 0 Å². The van der Waals surface area contributed by atoms with Crippen LogP contribution < -0.4 is 11.5 Å². The van der Waals surface area contributed by atoms with Gasteiger partial charge in [0, 0.05) is 20.0 Å². The Morgan fingerprint density at radius 2 is 2.38 bits per heavy atom. The standard InChI is InChI=1S/C10H19N5O/c1-7-5-8(6-16-7)3-4-15(2)10(13)14-9(11)12/h6-7H,3-5H2,1-2H3,(H5,11,12,13,14). The van der Waals surface area contributed by atoms with E-state index in [0.717, 1.165) is 12.8 Å². The minimum Gasteiger partial charge on any atom is -0.498 e. The van der Waals surface area contributed by atoms with Gasteiger partial charge in [-0.15, -0.1) is 0 Å². The quantitative estimate of drug-likeness (QED) is 0.472. The second-order valence-corrected chi connectivity index (χ2v) is 3.96. The van der Waals surface area contributed by atoms with Crippen molar-refractivity contribution >= 4 is 11.9 Å². The van der Waals surface area contributed by atoms with Crippen LogP contribution in [0.3, 0.4) is 0 Å². The topological polar surface area (TPSA) is 101 Å². The maximum atomic E-state index is 7.57. The molecule has 0 radical (unpaired) electrons. The summed E-state index contributed by atoms with van der Waals surface area (Å²) in [4.78, 5) is 5.37. The Balaban J connectivity index is 2.33. The van der Waals surface area contributed by atoms with Crippen LogP contribution >= 0.6 is 0 Å². The molecule has 0 spiro atoms. The molecule has 0 saturated heterocycles. The second-order valence-electron chi connectivity index (χ2n) is 3.96. The maximum Gasteiger partial charge on any atom is 0.220 e. The highest BCUT2D eigenvalue weighted by Gasteiger charge is 2.14. The molecule has 5 N–H and O–H groups in total.